The average molecular weight is 263 g/mol. The number of pyridine rings is 1. The molecule has 0 saturated carbocycles. The van der Waals surface area contributed by atoms with Gasteiger partial charge in [0, 0.05) is 31.7 Å². The van der Waals surface area contributed by atoms with Crippen molar-refractivity contribution in [2.24, 2.45) is 0 Å². The molecule has 0 amide bonds. The highest BCUT2D eigenvalue weighted by molar-refractivity contribution is 6.33. The van der Waals surface area contributed by atoms with Gasteiger partial charge in [-0.25, -0.2) is 0 Å². The fourth-order valence-electron chi connectivity index (χ4n) is 2.43. The van der Waals surface area contributed by atoms with E-state index in [0.717, 1.165) is 30.2 Å². The van der Waals surface area contributed by atoms with Crippen molar-refractivity contribution < 1.29 is 0 Å². The summed E-state index contributed by atoms with van der Waals surface area (Å²) in [6.07, 6.45) is 8.58. The molecule has 1 atom stereocenters. The summed E-state index contributed by atoms with van der Waals surface area (Å²) in [6.45, 7) is 4.02. The van der Waals surface area contributed by atoms with Gasteiger partial charge in [0.25, 0.3) is 0 Å². The second-order valence-electron chi connectivity index (χ2n) is 4.71. The van der Waals surface area contributed by atoms with Crippen LogP contribution in [0.25, 0.3) is 0 Å². The molecule has 3 rings (SSSR count). The Bertz CT molecular complexity index is 551. The molecule has 0 bridgehead atoms. The first-order chi connectivity index (χ1) is 8.74. The third kappa shape index (κ3) is 2.08. The van der Waals surface area contributed by atoms with Crippen molar-refractivity contribution in [3.05, 3.63) is 41.4 Å². The quantitative estimate of drug-likeness (QED) is 0.835. The maximum Gasteiger partial charge on any atom is 0.0822 e. The molecular formula is C13H15ClN4. The molecule has 2 aromatic rings. The minimum Gasteiger partial charge on any atom is -0.368 e. The molecule has 0 aromatic carbocycles. The van der Waals surface area contributed by atoms with E-state index < -0.39 is 0 Å². The van der Waals surface area contributed by atoms with Gasteiger partial charge >= 0.3 is 0 Å². The molecule has 1 fully saturated rings. The molecule has 1 aliphatic heterocycles. The molecule has 0 aliphatic carbocycles. The number of anilines is 1. The SMILES string of the molecule is Cc1cnn(C2CCN(c3ccncc3Cl)C2)c1. The molecule has 0 spiro atoms. The highest BCUT2D eigenvalue weighted by Crippen LogP contribution is 2.31. The molecule has 3 heterocycles. The number of nitrogens with zero attached hydrogens (tertiary/aromatic N) is 4. The Hall–Kier alpha value is -1.55. The Morgan fingerprint density at radius 3 is 3.00 bits per heavy atom. The average Bonchev–Trinajstić information content (AvgIpc) is 2.98. The Morgan fingerprint density at radius 2 is 2.28 bits per heavy atom. The zero-order valence-corrected chi connectivity index (χ0v) is 11.0. The van der Waals surface area contributed by atoms with Crippen LogP contribution in [-0.2, 0) is 0 Å². The number of rotatable bonds is 2. The van der Waals surface area contributed by atoms with Gasteiger partial charge in [-0.05, 0) is 25.0 Å². The molecule has 4 nitrogen and oxygen atoms in total. The van der Waals surface area contributed by atoms with E-state index in [9.17, 15) is 0 Å². The standard InChI is InChI=1S/C13H15ClN4/c1-10-6-16-18(8-10)11-3-5-17(9-11)13-2-4-15-7-12(13)14/h2,4,6-8,11H,3,5,9H2,1H3. The van der Waals surface area contributed by atoms with Gasteiger partial charge in [-0.15, -0.1) is 0 Å². The Kier molecular flexibility index (Phi) is 2.96. The molecule has 1 aliphatic rings. The van der Waals surface area contributed by atoms with Crippen LogP contribution in [0.1, 0.15) is 18.0 Å². The van der Waals surface area contributed by atoms with Gasteiger partial charge in [-0.1, -0.05) is 11.6 Å². The predicted octanol–water partition coefficient (Wildman–Crippen LogP) is 2.69. The smallest absolute Gasteiger partial charge is 0.0822 e. The highest BCUT2D eigenvalue weighted by Gasteiger charge is 2.25. The van der Waals surface area contributed by atoms with Gasteiger partial charge in [0.05, 0.1) is 22.9 Å². The van der Waals surface area contributed by atoms with Crippen LogP contribution in [0.4, 0.5) is 5.69 Å². The van der Waals surface area contributed by atoms with E-state index in [1.54, 1.807) is 12.4 Å². The maximum atomic E-state index is 6.18. The molecular weight excluding hydrogens is 248 g/mol. The lowest BCUT2D eigenvalue weighted by molar-refractivity contribution is 0.494. The van der Waals surface area contributed by atoms with Crippen molar-refractivity contribution >= 4 is 17.3 Å². The van der Waals surface area contributed by atoms with Crippen LogP contribution >= 0.6 is 11.6 Å². The predicted molar refractivity (Wildman–Crippen MR) is 72.1 cm³/mol. The fraction of sp³-hybridized carbons (Fsp3) is 0.385. The minimum atomic E-state index is 0.433. The van der Waals surface area contributed by atoms with E-state index in [1.165, 1.54) is 5.56 Å². The summed E-state index contributed by atoms with van der Waals surface area (Å²) < 4.78 is 2.06. The molecule has 18 heavy (non-hydrogen) atoms. The number of aromatic nitrogens is 3. The van der Waals surface area contributed by atoms with E-state index in [0.29, 0.717) is 6.04 Å². The number of halogens is 1. The summed E-state index contributed by atoms with van der Waals surface area (Å²) in [7, 11) is 0. The van der Waals surface area contributed by atoms with E-state index >= 15 is 0 Å². The molecule has 1 saturated heterocycles. The Balaban J connectivity index is 1.78. The van der Waals surface area contributed by atoms with Crippen LogP contribution in [0, 0.1) is 6.92 Å². The molecule has 94 valence electrons. The summed E-state index contributed by atoms with van der Waals surface area (Å²) >= 11 is 6.18. The zero-order chi connectivity index (χ0) is 12.5. The summed E-state index contributed by atoms with van der Waals surface area (Å²) in [5, 5.41) is 5.11. The van der Waals surface area contributed by atoms with E-state index in [1.807, 2.05) is 12.3 Å². The van der Waals surface area contributed by atoms with Crippen molar-refractivity contribution in [2.75, 3.05) is 18.0 Å². The van der Waals surface area contributed by atoms with E-state index in [4.69, 9.17) is 11.6 Å². The minimum absolute atomic E-state index is 0.433. The van der Waals surface area contributed by atoms with Crippen molar-refractivity contribution in [2.45, 2.75) is 19.4 Å². The number of hydrogen-bond acceptors (Lipinski definition) is 3. The molecule has 2 aromatic heterocycles. The Morgan fingerprint density at radius 1 is 1.39 bits per heavy atom. The monoisotopic (exact) mass is 262 g/mol. The largest absolute Gasteiger partial charge is 0.368 e. The number of hydrogen-bond donors (Lipinski definition) is 0. The van der Waals surface area contributed by atoms with Gasteiger partial charge in [-0.3, -0.25) is 9.67 Å². The van der Waals surface area contributed by atoms with Crippen molar-refractivity contribution in [3.63, 3.8) is 0 Å². The van der Waals surface area contributed by atoms with Crippen LogP contribution in [0.5, 0.6) is 0 Å². The van der Waals surface area contributed by atoms with Crippen LogP contribution in [0.3, 0.4) is 0 Å². The third-order valence-corrected chi connectivity index (χ3v) is 3.65. The second kappa shape index (κ2) is 4.61. The number of aryl methyl sites for hydroxylation is 1. The molecule has 0 N–H and O–H groups in total. The lowest BCUT2D eigenvalue weighted by atomic mass is 10.3. The molecule has 0 radical (unpaired) electrons. The van der Waals surface area contributed by atoms with E-state index in [-0.39, 0.29) is 0 Å². The van der Waals surface area contributed by atoms with Gasteiger partial charge in [0.15, 0.2) is 0 Å². The van der Waals surface area contributed by atoms with E-state index in [2.05, 4.69) is 32.8 Å². The van der Waals surface area contributed by atoms with Crippen LogP contribution in [-0.4, -0.2) is 27.9 Å². The van der Waals surface area contributed by atoms with Gasteiger partial charge in [-0.2, -0.15) is 5.10 Å². The summed E-state index contributed by atoms with van der Waals surface area (Å²) in [6, 6.07) is 2.40. The lowest BCUT2D eigenvalue weighted by Gasteiger charge is -2.19. The maximum absolute atomic E-state index is 6.18. The third-order valence-electron chi connectivity index (χ3n) is 3.36. The van der Waals surface area contributed by atoms with Crippen molar-refractivity contribution in [3.8, 4) is 0 Å². The zero-order valence-electron chi connectivity index (χ0n) is 10.3. The van der Waals surface area contributed by atoms with Crippen LogP contribution in [0.2, 0.25) is 5.02 Å². The normalized spacial score (nSPS) is 19.4. The fourth-order valence-corrected chi connectivity index (χ4v) is 2.67. The first-order valence-electron chi connectivity index (χ1n) is 6.09. The van der Waals surface area contributed by atoms with Crippen molar-refractivity contribution in [1.82, 2.24) is 14.8 Å². The lowest BCUT2D eigenvalue weighted by Crippen LogP contribution is -2.21. The molecule has 5 heteroatoms. The summed E-state index contributed by atoms with van der Waals surface area (Å²) in [5.41, 5.74) is 2.27. The first kappa shape index (κ1) is 11.5. The highest BCUT2D eigenvalue weighted by atomic mass is 35.5. The van der Waals surface area contributed by atoms with Crippen LogP contribution in [0.15, 0.2) is 30.9 Å². The van der Waals surface area contributed by atoms with Gasteiger partial charge < -0.3 is 4.90 Å². The van der Waals surface area contributed by atoms with Crippen LogP contribution < -0.4 is 4.90 Å². The summed E-state index contributed by atoms with van der Waals surface area (Å²) in [4.78, 5) is 6.32. The van der Waals surface area contributed by atoms with Gasteiger partial charge in [0.1, 0.15) is 0 Å². The topological polar surface area (TPSA) is 34.0 Å². The second-order valence-corrected chi connectivity index (χ2v) is 5.12. The first-order valence-corrected chi connectivity index (χ1v) is 6.47. The summed E-state index contributed by atoms with van der Waals surface area (Å²) in [5.74, 6) is 0. The molecule has 1 unspecified atom stereocenters. The Labute approximate surface area is 111 Å². The van der Waals surface area contributed by atoms with Gasteiger partial charge in [0.2, 0.25) is 0 Å². The van der Waals surface area contributed by atoms with Crippen molar-refractivity contribution in [1.29, 1.82) is 0 Å².